The van der Waals surface area contributed by atoms with Crippen LogP contribution in [0.1, 0.15) is 23.1 Å². The lowest BCUT2D eigenvalue weighted by Crippen LogP contribution is -2.12. The molecule has 1 aromatic heterocycles. The maximum atomic E-state index is 14.7. The van der Waals surface area contributed by atoms with Crippen LogP contribution in [0.3, 0.4) is 0 Å². The highest BCUT2D eigenvalue weighted by molar-refractivity contribution is 6.33. The van der Waals surface area contributed by atoms with Crippen molar-refractivity contribution in [1.29, 1.82) is 0 Å². The maximum absolute atomic E-state index is 14.7. The van der Waals surface area contributed by atoms with Gasteiger partial charge in [0.25, 0.3) is 0 Å². The van der Waals surface area contributed by atoms with Crippen LogP contribution in [0.2, 0.25) is 5.02 Å². The molecule has 0 aliphatic rings. The quantitative estimate of drug-likeness (QED) is 0.561. The summed E-state index contributed by atoms with van der Waals surface area (Å²) in [6.45, 7) is 5.18. The first kappa shape index (κ1) is 21.0. The highest BCUT2D eigenvalue weighted by atomic mass is 35.5. The van der Waals surface area contributed by atoms with Gasteiger partial charge in [-0.25, -0.2) is 13.2 Å². The van der Waals surface area contributed by atoms with Gasteiger partial charge in [0, 0.05) is 30.3 Å². The van der Waals surface area contributed by atoms with Gasteiger partial charge in [0.2, 0.25) is 0 Å². The van der Waals surface area contributed by atoms with E-state index in [-0.39, 0.29) is 28.6 Å². The Hall–Kier alpha value is -2.77. The van der Waals surface area contributed by atoms with Crippen LogP contribution in [-0.2, 0) is 7.05 Å². The summed E-state index contributed by atoms with van der Waals surface area (Å²) in [5, 5.41) is 15.5. The van der Waals surface area contributed by atoms with Crippen molar-refractivity contribution in [2.45, 2.75) is 13.0 Å². The van der Waals surface area contributed by atoms with Crippen LogP contribution in [0.5, 0.6) is 5.75 Å². The average Bonchev–Trinajstić information content (AvgIpc) is 2.93. The number of halogens is 4. The molecule has 3 rings (SSSR count). The molecule has 0 spiro atoms. The molecule has 1 heterocycles. The summed E-state index contributed by atoms with van der Waals surface area (Å²) in [7, 11) is 1.57. The van der Waals surface area contributed by atoms with Gasteiger partial charge in [0.15, 0.2) is 0 Å². The summed E-state index contributed by atoms with van der Waals surface area (Å²) in [6, 6.07) is 5.46. The molecular formula is C21H18ClF3N2O2. The molecule has 1 atom stereocenters. The van der Waals surface area contributed by atoms with Crippen molar-refractivity contribution in [2.24, 2.45) is 7.05 Å². The minimum Gasteiger partial charge on any atom is -0.489 e. The van der Waals surface area contributed by atoms with E-state index in [1.165, 1.54) is 22.9 Å². The van der Waals surface area contributed by atoms with Crippen molar-refractivity contribution in [3.05, 3.63) is 82.4 Å². The predicted octanol–water partition coefficient (Wildman–Crippen LogP) is 5.11. The molecule has 0 bridgehead atoms. The van der Waals surface area contributed by atoms with Gasteiger partial charge in [-0.1, -0.05) is 24.3 Å². The van der Waals surface area contributed by atoms with Crippen LogP contribution >= 0.6 is 11.6 Å². The third-order valence-corrected chi connectivity index (χ3v) is 4.73. The normalized spacial score (nSPS) is 12.1. The summed E-state index contributed by atoms with van der Waals surface area (Å²) in [6.07, 6.45) is -0.144. The Balaban J connectivity index is 2.21. The molecule has 4 nitrogen and oxygen atoms in total. The Morgan fingerprint density at radius 2 is 1.97 bits per heavy atom. The number of hydrogen-bond donors (Lipinski definition) is 1. The molecule has 0 aliphatic heterocycles. The van der Waals surface area contributed by atoms with E-state index in [0.717, 1.165) is 12.1 Å². The first-order valence-electron chi connectivity index (χ1n) is 8.64. The fourth-order valence-corrected chi connectivity index (χ4v) is 3.51. The van der Waals surface area contributed by atoms with Crippen LogP contribution in [0, 0.1) is 24.4 Å². The fourth-order valence-electron chi connectivity index (χ4n) is 3.25. The van der Waals surface area contributed by atoms with Gasteiger partial charge in [0.1, 0.15) is 35.9 Å². The molecular weight excluding hydrogens is 405 g/mol. The van der Waals surface area contributed by atoms with Gasteiger partial charge in [-0.3, -0.25) is 4.68 Å². The van der Waals surface area contributed by atoms with Crippen LogP contribution < -0.4 is 4.74 Å². The molecule has 1 unspecified atom stereocenters. The topological polar surface area (TPSA) is 47.3 Å². The first-order valence-corrected chi connectivity index (χ1v) is 9.02. The van der Waals surface area contributed by atoms with E-state index in [9.17, 15) is 18.3 Å². The summed E-state index contributed by atoms with van der Waals surface area (Å²) < 4.78 is 48.6. The standard InChI is InChI=1S/C21H18ClF3N2O2/c1-4-7-29-17-10-13(24)9-16(25)19(17)21(28)20-18(11(2)26-27(20)3)14-6-5-12(23)8-15(14)22/h4-6,8-10,21,28H,1,7H2,2-3H3. The first-order chi connectivity index (χ1) is 13.7. The number of nitrogens with zero attached hydrogens (tertiary/aromatic N) is 2. The zero-order valence-corrected chi connectivity index (χ0v) is 16.5. The zero-order valence-electron chi connectivity index (χ0n) is 15.7. The average molecular weight is 423 g/mol. The number of aliphatic hydroxyl groups is 1. The summed E-state index contributed by atoms with van der Waals surface area (Å²) in [5.41, 5.74) is 1.28. The third-order valence-electron chi connectivity index (χ3n) is 4.41. The number of ether oxygens (including phenoxy) is 1. The molecule has 0 saturated heterocycles. The van der Waals surface area contributed by atoms with Crippen molar-refractivity contribution in [3.63, 3.8) is 0 Å². The molecule has 2 aromatic carbocycles. The Bertz CT molecular complexity index is 1080. The second-order valence-corrected chi connectivity index (χ2v) is 6.80. The van der Waals surface area contributed by atoms with Crippen LogP contribution in [0.25, 0.3) is 11.1 Å². The van der Waals surface area contributed by atoms with Crippen LogP contribution in [-0.4, -0.2) is 21.5 Å². The Labute approximate surface area is 170 Å². The lowest BCUT2D eigenvalue weighted by Gasteiger charge is -2.19. The molecule has 8 heteroatoms. The van der Waals surface area contributed by atoms with Gasteiger partial charge < -0.3 is 9.84 Å². The smallest absolute Gasteiger partial charge is 0.136 e. The molecule has 29 heavy (non-hydrogen) atoms. The molecule has 0 radical (unpaired) electrons. The van der Waals surface area contributed by atoms with Crippen LogP contribution in [0.15, 0.2) is 43.0 Å². The van der Waals surface area contributed by atoms with E-state index in [4.69, 9.17) is 16.3 Å². The predicted molar refractivity (Wildman–Crippen MR) is 104 cm³/mol. The summed E-state index contributed by atoms with van der Waals surface area (Å²) >= 11 is 6.20. The van der Waals surface area contributed by atoms with Crippen molar-refractivity contribution in [2.75, 3.05) is 6.61 Å². The van der Waals surface area contributed by atoms with Gasteiger partial charge in [-0.05, 0) is 25.1 Å². The zero-order chi connectivity index (χ0) is 21.3. The van der Waals surface area contributed by atoms with E-state index >= 15 is 0 Å². The Morgan fingerprint density at radius 3 is 2.62 bits per heavy atom. The van der Waals surface area contributed by atoms with E-state index in [1.807, 2.05) is 0 Å². The Kier molecular flexibility index (Phi) is 6.00. The van der Waals surface area contributed by atoms with Gasteiger partial charge >= 0.3 is 0 Å². The van der Waals surface area contributed by atoms with Crippen molar-refractivity contribution < 1.29 is 23.0 Å². The minimum absolute atomic E-state index is 0.0102. The maximum Gasteiger partial charge on any atom is 0.136 e. The van der Waals surface area contributed by atoms with Gasteiger partial charge in [0.05, 0.1) is 22.0 Å². The highest BCUT2D eigenvalue weighted by Crippen LogP contribution is 2.41. The molecule has 0 aliphatic carbocycles. The minimum atomic E-state index is -1.56. The number of aromatic nitrogens is 2. The summed E-state index contributed by atoms with van der Waals surface area (Å²) in [4.78, 5) is 0. The second-order valence-electron chi connectivity index (χ2n) is 6.40. The number of benzene rings is 2. The lowest BCUT2D eigenvalue weighted by atomic mass is 9.96. The van der Waals surface area contributed by atoms with E-state index in [2.05, 4.69) is 11.7 Å². The molecule has 0 saturated carbocycles. The molecule has 1 N–H and O–H groups in total. The molecule has 3 aromatic rings. The monoisotopic (exact) mass is 422 g/mol. The fraction of sp³-hybridized carbons (Fsp3) is 0.190. The van der Waals surface area contributed by atoms with Crippen LogP contribution in [0.4, 0.5) is 13.2 Å². The summed E-state index contributed by atoms with van der Waals surface area (Å²) in [5.74, 6) is -2.51. The second kappa shape index (κ2) is 8.31. The number of hydrogen-bond acceptors (Lipinski definition) is 3. The van der Waals surface area contributed by atoms with Crippen molar-refractivity contribution >= 4 is 11.6 Å². The molecule has 0 fully saturated rings. The largest absolute Gasteiger partial charge is 0.489 e. The van der Waals surface area contributed by atoms with E-state index in [1.54, 1.807) is 14.0 Å². The number of rotatable bonds is 6. The highest BCUT2D eigenvalue weighted by Gasteiger charge is 2.29. The Morgan fingerprint density at radius 1 is 1.24 bits per heavy atom. The number of aliphatic hydroxyl groups excluding tert-OH is 1. The van der Waals surface area contributed by atoms with Gasteiger partial charge in [-0.15, -0.1) is 0 Å². The third kappa shape index (κ3) is 4.02. The molecule has 152 valence electrons. The van der Waals surface area contributed by atoms with E-state index < -0.39 is 23.6 Å². The molecule has 0 amide bonds. The van der Waals surface area contributed by atoms with E-state index in [0.29, 0.717) is 22.9 Å². The van der Waals surface area contributed by atoms with Crippen molar-refractivity contribution in [3.8, 4) is 16.9 Å². The van der Waals surface area contributed by atoms with Gasteiger partial charge in [-0.2, -0.15) is 5.10 Å². The number of aryl methyl sites for hydroxylation is 2. The SMILES string of the molecule is C=CCOc1cc(F)cc(F)c1C(O)c1c(-c2ccc(F)cc2Cl)c(C)nn1C. The van der Waals surface area contributed by atoms with Crippen molar-refractivity contribution in [1.82, 2.24) is 9.78 Å². The lowest BCUT2D eigenvalue weighted by molar-refractivity contribution is 0.197.